The van der Waals surface area contributed by atoms with Gasteiger partial charge in [-0.15, -0.1) is 11.3 Å². The van der Waals surface area contributed by atoms with Crippen molar-refractivity contribution >= 4 is 44.9 Å². The van der Waals surface area contributed by atoms with Gasteiger partial charge >= 0.3 is 0 Å². The summed E-state index contributed by atoms with van der Waals surface area (Å²) in [6.07, 6.45) is 0. The van der Waals surface area contributed by atoms with Crippen LogP contribution in [0.3, 0.4) is 0 Å². The second-order valence-corrected chi connectivity index (χ2v) is 7.77. The molecule has 0 aliphatic carbocycles. The van der Waals surface area contributed by atoms with Crippen molar-refractivity contribution in [2.24, 2.45) is 0 Å². The molecule has 1 aromatic carbocycles. The lowest BCUT2D eigenvalue weighted by Gasteiger charge is -2.05. The van der Waals surface area contributed by atoms with Crippen LogP contribution < -0.4 is 0 Å². The number of rotatable bonds is 4. The van der Waals surface area contributed by atoms with Crippen molar-refractivity contribution in [3.05, 3.63) is 46.7 Å². The maximum Gasteiger partial charge on any atom is 0.142 e. The quantitative estimate of drug-likeness (QED) is 0.576. The van der Waals surface area contributed by atoms with Crippen molar-refractivity contribution in [1.82, 2.24) is 9.97 Å². The van der Waals surface area contributed by atoms with E-state index >= 15 is 0 Å². The zero-order valence-electron chi connectivity index (χ0n) is 11.8. The molecule has 0 unspecified atom stereocenters. The van der Waals surface area contributed by atoms with Crippen LogP contribution in [0.4, 0.5) is 0 Å². The van der Waals surface area contributed by atoms with Crippen LogP contribution in [0, 0.1) is 0 Å². The number of thiophene rings is 1. The fourth-order valence-electron chi connectivity index (χ4n) is 2.08. The van der Waals surface area contributed by atoms with Crippen LogP contribution in [0.2, 0.25) is 5.15 Å². The molecule has 0 aliphatic rings. The van der Waals surface area contributed by atoms with Gasteiger partial charge in [-0.05, 0) is 10.8 Å². The first-order valence-corrected chi connectivity index (χ1v) is 9.06. The first-order valence-electron chi connectivity index (χ1n) is 6.76. The zero-order valence-corrected chi connectivity index (χ0v) is 14.2. The number of nitrogens with zero attached hydrogens (tertiary/aromatic N) is 2. The van der Waals surface area contributed by atoms with E-state index in [1.165, 1.54) is 0 Å². The Labute approximate surface area is 137 Å². The first kappa shape index (κ1) is 14.8. The molecule has 0 N–H and O–H groups in total. The summed E-state index contributed by atoms with van der Waals surface area (Å²) in [6, 6.07) is 10.2. The van der Waals surface area contributed by atoms with Crippen molar-refractivity contribution in [1.29, 1.82) is 0 Å². The van der Waals surface area contributed by atoms with Crippen molar-refractivity contribution in [3.8, 4) is 11.1 Å². The molecule has 5 heteroatoms. The molecule has 0 saturated carbocycles. The van der Waals surface area contributed by atoms with E-state index in [0.717, 1.165) is 32.9 Å². The number of halogens is 1. The number of benzene rings is 1. The highest BCUT2D eigenvalue weighted by Crippen LogP contribution is 2.36. The van der Waals surface area contributed by atoms with E-state index < -0.39 is 0 Å². The van der Waals surface area contributed by atoms with Crippen LogP contribution in [0.1, 0.15) is 19.7 Å². The summed E-state index contributed by atoms with van der Waals surface area (Å²) < 4.78 is 0. The Balaban J connectivity index is 2.03. The largest absolute Gasteiger partial charge is 0.221 e. The minimum atomic E-state index is 0.555. The normalized spacial score (nSPS) is 11.4. The van der Waals surface area contributed by atoms with Gasteiger partial charge in [0.25, 0.3) is 0 Å². The number of aromatic nitrogens is 2. The molecule has 0 amide bonds. The highest BCUT2D eigenvalue weighted by molar-refractivity contribution is 7.99. The van der Waals surface area contributed by atoms with Gasteiger partial charge in [0.15, 0.2) is 0 Å². The van der Waals surface area contributed by atoms with Crippen LogP contribution >= 0.6 is 34.7 Å². The second-order valence-electron chi connectivity index (χ2n) is 4.99. The van der Waals surface area contributed by atoms with Gasteiger partial charge in [0.05, 0.1) is 11.1 Å². The van der Waals surface area contributed by atoms with E-state index in [2.05, 4.69) is 41.3 Å². The molecule has 0 atom stereocenters. The number of thioether (sulfide) groups is 1. The van der Waals surface area contributed by atoms with Crippen LogP contribution in [0.5, 0.6) is 0 Å². The van der Waals surface area contributed by atoms with E-state index in [9.17, 15) is 0 Å². The predicted octanol–water partition coefficient (Wildman–Crippen LogP) is 5.65. The third-order valence-corrected chi connectivity index (χ3v) is 5.30. The Hall–Kier alpha value is -1.10. The maximum absolute atomic E-state index is 6.42. The van der Waals surface area contributed by atoms with E-state index in [-0.39, 0.29) is 0 Å². The van der Waals surface area contributed by atoms with E-state index in [4.69, 9.17) is 11.6 Å². The molecule has 2 nitrogen and oxygen atoms in total. The van der Waals surface area contributed by atoms with E-state index in [1.807, 2.05) is 30.0 Å². The van der Waals surface area contributed by atoms with Crippen LogP contribution in [-0.4, -0.2) is 15.2 Å². The lowest BCUT2D eigenvalue weighted by Crippen LogP contribution is -1.96. The van der Waals surface area contributed by atoms with Gasteiger partial charge in [-0.3, -0.25) is 0 Å². The van der Waals surface area contributed by atoms with Gasteiger partial charge in [-0.25, -0.2) is 9.97 Å². The average Bonchev–Trinajstić information content (AvgIpc) is 2.90. The summed E-state index contributed by atoms with van der Waals surface area (Å²) in [5.74, 6) is 1.61. The predicted molar refractivity (Wildman–Crippen MR) is 94.3 cm³/mol. The highest BCUT2D eigenvalue weighted by Gasteiger charge is 2.14. The summed E-state index contributed by atoms with van der Waals surface area (Å²) in [6.45, 7) is 4.34. The van der Waals surface area contributed by atoms with E-state index in [0.29, 0.717) is 10.4 Å². The summed E-state index contributed by atoms with van der Waals surface area (Å²) in [4.78, 5) is 10.1. The van der Waals surface area contributed by atoms with Gasteiger partial charge in [0.2, 0.25) is 0 Å². The van der Waals surface area contributed by atoms with Gasteiger partial charge in [-0.2, -0.15) is 11.8 Å². The molecule has 0 saturated heterocycles. The second kappa shape index (κ2) is 6.34. The average molecular weight is 335 g/mol. The third kappa shape index (κ3) is 3.23. The molecule has 108 valence electrons. The highest BCUT2D eigenvalue weighted by atomic mass is 35.5. The molecule has 2 aromatic heterocycles. The molecule has 2 heterocycles. The lowest BCUT2D eigenvalue weighted by atomic mass is 10.1. The Morgan fingerprint density at radius 1 is 1.19 bits per heavy atom. The van der Waals surface area contributed by atoms with Crippen molar-refractivity contribution in [2.75, 3.05) is 0 Å². The summed E-state index contributed by atoms with van der Waals surface area (Å²) in [7, 11) is 0. The minimum Gasteiger partial charge on any atom is -0.221 e. The van der Waals surface area contributed by atoms with Crippen molar-refractivity contribution < 1.29 is 0 Å². The SMILES string of the molecule is CC(C)SCc1nc(Cl)c2c(-c3ccccc3)csc2n1. The Kier molecular flexibility index (Phi) is 4.48. The van der Waals surface area contributed by atoms with Crippen molar-refractivity contribution in [2.45, 2.75) is 24.9 Å². The fourth-order valence-corrected chi connectivity index (χ4v) is 4.00. The van der Waals surface area contributed by atoms with E-state index in [1.54, 1.807) is 11.3 Å². The Morgan fingerprint density at radius 3 is 2.67 bits per heavy atom. The molecule has 0 bridgehead atoms. The molecule has 3 rings (SSSR count). The van der Waals surface area contributed by atoms with Gasteiger partial charge < -0.3 is 0 Å². The third-order valence-electron chi connectivity index (χ3n) is 3.07. The monoisotopic (exact) mass is 334 g/mol. The molecule has 3 aromatic rings. The minimum absolute atomic E-state index is 0.555. The summed E-state index contributed by atoms with van der Waals surface area (Å²) in [5, 5.41) is 4.19. The number of hydrogen-bond donors (Lipinski definition) is 0. The molecular weight excluding hydrogens is 320 g/mol. The van der Waals surface area contributed by atoms with Crippen LogP contribution in [0.25, 0.3) is 21.3 Å². The molecule has 0 aliphatic heterocycles. The van der Waals surface area contributed by atoms with Gasteiger partial charge in [0, 0.05) is 10.9 Å². The molecule has 0 radical (unpaired) electrons. The lowest BCUT2D eigenvalue weighted by molar-refractivity contribution is 1.05. The molecule has 0 fully saturated rings. The molecule has 21 heavy (non-hydrogen) atoms. The first-order chi connectivity index (χ1) is 10.1. The van der Waals surface area contributed by atoms with Crippen LogP contribution in [-0.2, 0) is 5.75 Å². The molecule has 0 spiro atoms. The molecular formula is C16H15ClN2S2. The van der Waals surface area contributed by atoms with Crippen molar-refractivity contribution in [3.63, 3.8) is 0 Å². The van der Waals surface area contributed by atoms with Gasteiger partial charge in [0.1, 0.15) is 15.8 Å². The Bertz CT molecular complexity index is 754. The summed E-state index contributed by atoms with van der Waals surface area (Å²) >= 11 is 9.87. The topological polar surface area (TPSA) is 25.8 Å². The Morgan fingerprint density at radius 2 is 1.95 bits per heavy atom. The number of fused-ring (bicyclic) bond motifs is 1. The zero-order chi connectivity index (χ0) is 14.8. The van der Waals surface area contributed by atoms with Gasteiger partial charge in [-0.1, -0.05) is 55.8 Å². The van der Waals surface area contributed by atoms with Crippen LogP contribution in [0.15, 0.2) is 35.7 Å². The number of hydrogen-bond acceptors (Lipinski definition) is 4. The standard InChI is InChI=1S/C16H15ClN2S2/c1-10(2)20-9-13-18-15(17)14-12(8-21-16(14)19-13)11-6-4-3-5-7-11/h3-8,10H,9H2,1-2H3. The maximum atomic E-state index is 6.42. The summed E-state index contributed by atoms with van der Waals surface area (Å²) in [5.41, 5.74) is 2.27. The smallest absolute Gasteiger partial charge is 0.142 e. The fraction of sp³-hybridized carbons (Fsp3) is 0.250.